The monoisotopic (exact) mass is 301 g/mol. The van der Waals surface area contributed by atoms with Crippen LogP contribution in [0.1, 0.15) is 24.1 Å². The molecular weight excluding hydrogens is 278 g/mol. The fourth-order valence-corrected chi connectivity index (χ4v) is 2.57. The highest BCUT2D eigenvalue weighted by atomic mass is 16.5. The maximum atomic E-state index is 10.8. The maximum absolute atomic E-state index is 10.8. The van der Waals surface area contributed by atoms with Crippen molar-refractivity contribution in [3.63, 3.8) is 0 Å². The zero-order valence-corrected chi connectivity index (χ0v) is 13.2. The number of methoxy groups -OCH3 is 1. The number of nitrogens with zero attached hydrogens (tertiary/aromatic N) is 1. The van der Waals surface area contributed by atoms with Crippen LogP contribution >= 0.6 is 0 Å². The van der Waals surface area contributed by atoms with Crippen LogP contribution in [0.2, 0.25) is 0 Å². The molecule has 0 saturated heterocycles. The summed E-state index contributed by atoms with van der Waals surface area (Å²) in [5.74, 6) is -0.762. The Bertz CT molecular complexity index is 614. The average molecular weight is 301 g/mol. The van der Waals surface area contributed by atoms with Gasteiger partial charge in [-0.2, -0.15) is 0 Å². The van der Waals surface area contributed by atoms with Crippen molar-refractivity contribution in [3.05, 3.63) is 47.7 Å². The minimum atomic E-state index is -0.762. The first kappa shape index (κ1) is 16.3. The van der Waals surface area contributed by atoms with Gasteiger partial charge in [0.2, 0.25) is 0 Å². The quantitative estimate of drug-likeness (QED) is 0.759. The molecule has 0 atom stereocenters. The second-order valence-corrected chi connectivity index (χ2v) is 5.47. The molecule has 118 valence electrons. The van der Waals surface area contributed by atoms with Crippen molar-refractivity contribution in [1.82, 2.24) is 4.57 Å². The standard InChI is InChI=1S/C18H23NO3/c1-14-4-6-15(7-5-14)17-10-8-16(9-11-18(20)21)19(17)12-3-13-22-2/h4-8,10H,3,9,11-13H2,1-2H3,(H,20,21). The topological polar surface area (TPSA) is 51.5 Å². The summed E-state index contributed by atoms with van der Waals surface area (Å²) in [5, 5.41) is 8.90. The third kappa shape index (κ3) is 4.21. The first-order valence-corrected chi connectivity index (χ1v) is 7.58. The van der Waals surface area contributed by atoms with E-state index in [4.69, 9.17) is 9.84 Å². The van der Waals surface area contributed by atoms with Crippen molar-refractivity contribution < 1.29 is 14.6 Å². The predicted octanol–water partition coefficient (Wildman–Crippen LogP) is 3.52. The van der Waals surface area contributed by atoms with E-state index in [9.17, 15) is 4.79 Å². The molecule has 2 rings (SSSR count). The summed E-state index contributed by atoms with van der Waals surface area (Å²) in [4.78, 5) is 10.8. The Morgan fingerprint density at radius 3 is 2.55 bits per heavy atom. The molecule has 4 heteroatoms. The lowest BCUT2D eigenvalue weighted by Gasteiger charge is -2.13. The Balaban J connectivity index is 2.27. The minimum Gasteiger partial charge on any atom is -0.481 e. The number of carboxylic acid groups (broad SMARTS) is 1. The number of aromatic nitrogens is 1. The normalized spacial score (nSPS) is 10.8. The molecule has 1 N–H and O–H groups in total. The van der Waals surface area contributed by atoms with Gasteiger partial charge in [-0.05, 0) is 37.5 Å². The van der Waals surface area contributed by atoms with Crippen LogP contribution in [0.15, 0.2) is 36.4 Å². The molecule has 4 nitrogen and oxygen atoms in total. The lowest BCUT2D eigenvalue weighted by atomic mass is 10.1. The van der Waals surface area contributed by atoms with Crippen LogP contribution in [0.4, 0.5) is 0 Å². The highest BCUT2D eigenvalue weighted by Crippen LogP contribution is 2.24. The Kier molecular flexibility index (Phi) is 5.78. The third-order valence-electron chi connectivity index (χ3n) is 3.74. The van der Waals surface area contributed by atoms with Crippen LogP contribution in [0, 0.1) is 6.92 Å². The summed E-state index contributed by atoms with van der Waals surface area (Å²) in [5.41, 5.74) is 4.59. The van der Waals surface area contributed by atoms with E-state index in [0.29, 0.717) is 13.0 Å². The largest absolute Gasteiger partial charge is 0.481 e. The van der Waals surface area contributed by atoms with Crippen LogP contribution in [0.5, 0.6) is 0 Å². The van der Waals surface area contributed by atoms with Crippen LogP contribution in [0.3, 0.4) is 0 Å². The van der Waals surface area contributed by atoms with Gasteiger partial charge < -0.3 is 14.4 Å². The fourth-order valence-electron chi connectivity index (χ4n) is 2.57. The van der Waals surface area contributed by atoms with Crippen molar-refractivity contribution >= 4 is 5.97 Å². The number of hydrogen-bond acceptors (Lipinski definition) is 2. The zero-order chi connectivity index (χ0) is 15.9. The van der Waals surface area contributed by atoms with E-state index in [1.54, 1.807) is 7.11 Å². The van der Waals surface area contributed by atoms with Gasteiger partial charge in [0, 0.05) is 31.6 Å². The summed E-state index contributed by atoms with van der Waals surface area (Å²) in [6, 6.07) is 12.5. The molecule has 0 aliphatic rings. The predicted molar refractivity (Wildman–Crippen MR) is 87.1 cm³/mol. The van der Waals surface area contributed by atoms with E-state index in [2.05, 4.69) is 41.8 Å². The Morgan fingerprint density at radius 2 is 1.91 bits per heavy atom. The molecule has 22 heavy (non-hydrogen) atoms. The molecule has 1 heterocycles. The fraction of sp³-hybridized carbons (Fsp3) is 0.389. The number of aliphatic carboxylic acids is 1. The van der Waals surface area contributed by atoms with Crippen molar-refractivity contribution in [1.29, 1.82) is 0 Å². The lowest BCUT2D eigenvalue weighted by Crippen LogP contribution is -2.08. The highest BCUT2D eigenvalue weighted by molar-refractivity contribution is 5.67. The molecule has 0 unspecified atom stereocenters. The second kappa shape index (κ2) is 7.80. The van der Waals surface area contributed by atoms with Gasteiger partial charge in [-0.1, -0.05) is 29.8 Å². The van der Waals surface area contributed by atoms with Crippen LogP contribution < -0.4 is 0 Å². The first-order valence-electron chi connectivity index (χ1n) is 7.58. The summed E-state index contributed by atoms with van der Waals surface area (Å²) in [7, 11) is 1.70. The Morgan fingerprint density at radius 1 is 1.18 bits per heavy atom. The molecule has 0 fully saturated rings. The minimum absolute atomic E-state index is 0.154. The van der Waals surface area contributed by atoms with E-state index in [1.165, 1.54) is 5.56 Å². The average Bonchev–Trinajstić information content (AvgIpc) is 2.89. The van der Waals surface area contributed by atoms with E-state index >= 15 is 0 Å². The SMILES string of the molecule is COCCCn1c(CCC(=O)O)ccc1-c1ccc(C)cc1. The van der Waals surface area contributed by atoms with Crippen molar-refractivity contribution in [2.24, 2.45) is 0 Å². The number of rotatable bonds is 8. The lowest BCUT2D eigenvalue weighted by molar-refractivity contribution is -0.136. The zero-order valence-electron chi connectivity index (χ0n) is 13.2. The van der Waals surface area contributed by atoms with E-state index in [-0.39, 0.29) is 6.42 Å². The van der Waals surface area contributed by atoms with Gasteiger partial charge in [0.1, 0.15) is 0 Å². The molecule has 2 aromatic rings. The van der Waals surface area contributed by atoms with Crippen LogP contribution in [0.25, 0.3) is 11.3 Å². The highest BCUT2D eigenvalue weighted by Gasteiger charge is 2.11. The molecule has 0 radical (unpaired) electrons. The molecule has 1 aromatic carbocycles. The van der Waals surface area contributed by atoms with Crippen molar-refractivity contribution in [2.75, 3.05) is 13.7 Å². The van der Waals surface area contributed by atoms with Gasteiger partial charge in [-0.25, -0.2) is 0 Å². The van der Waals surface area contributed by atoms with E-state index < -0.39 is 5.97 Å². The first-order chi connectivity index (χ1) is 10.6. The molecular formula is C18H23NO3. The number of aryl methyl sites for hydroxylation is 2. The van der Waals surface area contributed by atoms with Gasteiger partial charge >= 0.3 is 5.97 Å². The number of benzene rings is 1. The van der Waals surface area contributed by atoms with Gasteiger partial charge in [0.25, 0.3) is 0 Å². The van der Waals surface area contributed by atoms with E-state index in [0.717, 1.165) is 29.9 Å². The van der Waals surface area contributed by atoms with Gasteiger partial charge in [0.15, 0.2) is 0 Å². The third-order valence-corrected chi connectivity index (χ3v) is 3.74. The second-order valence-electron chi connectivity index (χ2n) is 5.47. The van der Waals surface area contributed by atoms with Crippen LogP contribution in [-0.4, -0.2) is 29.4 Å². The molecule has 0 aliphatic carbocycles. The molecule has 0 aliphatic heterocycles. The molecule has 0 spiro atoms. The Hall–Kier alpha value is -2.07. The van der Waals surface area contributed by atoms with Gasteiger partial charge in [0.05, 0.1) is 6.42 Å². The summed E-state index contributed by atoms with van der Waals surface area (Å²) < 4.78 is 7.35. The smallest absolute Gasteiger partial charge is 0.303 e. The summed E-state index contributed by atoms with van der Waals surface area (Å²) in [6.07, 6.45) is 1.61. The van der Waals surface area contributed by atoms with Crippen molar-refractivity contribution in [3.8, 4) is 11.3 Å². The molecule has 1 aromatic heterocycles. The number of ether oxygens (including phenoxy) is 1. The van der Waals surface area contributed by atoms with Crippen molar-refractivity contribution in [2.45, 2.75) is 32.7 Å². The molecule has 0 saturated carbocycles. The number of hydrogen-bond donors (Lipinski definition) is 1. The number of carboxylic acids is 1. The summed E-state index contributed by atoms with van der Waals surface area (Å²) >= 11 is 0. The Labute approximate surface area is 131 Å². The van der Waals surface area contributed by atoms with Gasteiger partial charge in [-0.3, -0.25) is 4.79 Å². The van der Waals surface area contributed by atoms with E-state index in [1.807, 2.05) is 6.07 Å². The summed E-state index contributed by atoms with van der Waals surface area (Å²) in [6.45, 7) is 3.60. The van der Waals surface area contributed by atoms with Crippen LogP contribution in [-0.2, 0) is 22.5 Å². The number of carbonyl (C=O) groups is 1. The van der Waals surface area contributed by atoms with Gasteiger partial charge in [-0.15, -0.1) is 0 Å². The molecule has 0 amide bonds. The maximum Gasteiger partial charge on any atom is 0.303 e. The molecule has 0 bridgehead atoms.